The second-order valence-electron chi connectivity index (χ2n) is 8.55. The molecule has 1 aliphatic heterocycles. The molecule has 204 valence electrons. The number of hydrogen-bond donors (Lipinski definition) is 1. The van der Waals surface area contributed by atoms with Gasteiger partial charge in [-0.25, -0.2) is 23.2 Å². The maximum absolute atomic E-state index is 12.2. The van der Waals surface area contributed by atoms with Gasteiger partial charge in [-0.15, -0.1) is 11.3 Å². The Kier molecular flexibility index (Phi) is 8.28. The van der Waals surface area contributed by atoms with E-state index >= 15 is 0 Å². The standard InChI is InChI=1S/C26H24N2O8S3/c1-16(26(29)35-2)15-36-11-10-17-4-8-23-21(12-17)28-20-7-5-18(13-24(20)37-23)27-22-14-19(39(32,33)34)6-9-25(22)38(3,30)31/h4-9,12-14H,1,10-11,15H2,2-3H3,(H,32,33,34)/b27-18-. The molecular weight excluding hydrogens is 564 g/mol. The van der Waals surface area contributed by atoms with E-state index in [9.17, 15) is 26.2 Å². The Morgan fingerprint density at radius 3 is 2.54 bits per heavy atom. The molecule has 13 heteroatoms. The summed E-state index contributed by atoms with van der Waals surface area (Å²) in [6.45, 7) is 4.10. The van der Waals surface area contributed by atoms with E-state index in [1.54, 1.807) is 18.2 Å². The number of benzene rings is 3. The van der Waals surface area contributed by atoms with Gasteiger partial charge in [0.1, 0.15) is 0 Å². The van der Waals surface area contributed by atoms with Crippen LogP contribution in [0.1, 0.15) is 5.56 Å². The van der Waals surface area contributed by atoms with Gasteiger partial charge in [-0.3, -0.25) is 4.55 Å². The number of rotatable bonds is 9. The number of carbonyl (C=O) groups excluding carboxylic acids is 1. The van der Waals surface area contributed by atoms with Crippen LogP contribution in [0.2, 0.25) is 0 Å². The summed E-state index contributed by atoms with van der Waals surface area (Å²) in [6.07, 6.45) is 1.60. The summed E-state index contributed by atoms with van der Waals surface area (Å²) in [6, 6.07) is 14.1. The minimum absolute atomic E-state index is 0.0877. The van der Waals surface area contributed by atoms with Gasteiger partial charge in [0, 0.05) is 6.26 Å². The zero-order chi connectivity index (χ0) is 28.4. The Hall–Kier alpha value is -3.49. The molecule has 4 rings (SSSR count). The van der Waals surface area contributed by atoms with Crippen molar-refractivity contribution in [3.05, 3.63) is 77.7 Å². The van der Waals surface area contributed by atoms with Crippen molar-refractivity contribution in [3.8, 4) is 10.6 Å². The van der Waals surface area contributed by atoms with Gasteiger partial charge in [-0.1, -0.05) is 12.6 Å². The van der Waals surface area contributed by atoms with Crippen LogP contribution in [-0.4, -0.2) is 58.9 Å². The van der Waals surface area contributed by atoms with Crippen molar-refractivity contribution < 1.29 is 35.7 Å². The van der Waals surface area contributed by atoms with Crippen molar-refractivity contribution in [3.63, 3.8) is 0 Å². The number of nitrogens with zero attached hydrogens (tertiary/aromatic N) is 2. The second-order valence-corrected chi connectivity index (χ2v) is 13.0. The molecule has 0 spiro atoms. The topological polar surface area (TPSA) is 149 Å². The molecule has 2 aromatic rings. The Morgan fingerprint density at radius 2 is 1.85 bits per heavy atom. The van der Waals surface area contributed by atoms with Crippen molar-refractivity contribution >= 4 is 53.2 Å². The first-order chi connectivity index (χ1) is 18.3. The first-order valence-electron chi connectivity index (χ1n) is 11.4. The van der Waals surface area contributed by atoms with Crippen LogP contribution in [0.5, 0.6) is 0 Å². The third-order valence-corrected chi connectivity index (χ3v) is 8.70. The van der Waals surface area contributed by atoms with Gasteiger partial charge in [0.2, 0.25) is 0 Å². The summed E-state index contributed by atoms with van der Waals surface area (Å²) < 4.78 is 68.1. The monoisotopic (exact) mass is 588 g/mol. The van der Waals surface area contributed by atoms with E-state index in [-0.39, 0.29) is 22.8 Å². The average Bonchev–Trinajstić information content (AvgIpc) is 2.88. The SMILES string of the molecule is C=C(COCCc1ccc2sc3c/c(=N\c4cc(S(=O)(=O)O)ccc4S(C)(=O)=O)ccc-3nc2c1)C(=O)OC. The van der Waals surface area contributed by atoms with Crippen LogP contribution in [0.15, 0.2) is 81.5 Å². The van der Waals surface area contributed by atoms with Crippen LogP contribution in [0.25, 0.3) is 20.8 Å². The molecule has 39 heavy (non-hydrogen) atoms. The lowest BCUT2D eigenvalue weighted by molar-refractivity contribution is -0.136. The number of carbonyl (C=O) groups is 1. The van der Waals surface area contributed by atoms with Crippen LogP contribution in [0, 0.1) is 0 Å². The Balaban J connectivity index is 1.63. The maximum atomic E-state index is 12.2. The fraction of sp³-hybridized carbons (Fsp3) is 0.192. The largest absolute Gasteiger partial charge is 0.466 e. The van der Waals surface area contributed by atoms with E-state index in [0.29, 0.717) is 24.1 Å². The molecule has 0 bridgehead atoms. The fourth-order valence-electron chi connectivity index (χ4n) is 3.67. The summed E-state index contributed by atoms with van der Waals surface area (Å²) in [4.78, 5) is 20.6. The smallest absolute Gasteiger partial charge is 0.335 e. The molecule has 0 radical (unpaired) electrons. The molecule has 2 aromatic carbocycles. The Bertz CT molecular complexity index is 1840. The van der Waals surface area contributed by atoms with Crippen molar-refractivity contribution in [1.29, 1.82) is 0 Å². The molecule has 10 nitrogen and oxygen atoms in total. The molecule has 0 unspecified atom stereocenters. The highest BCUT2D eigenvalue weighted by Crippen LogP contribution is 2.31. The number of ether oxygens (including phenoxy) is 2. The normalized spacial score (nSPS) is 12.6. The van der Waals surface area contributed by atoms with Crippen molar-refractivity contribution in [1.82, 2.24) is 4.98 Å². The second kappa shape index (κ2) is 11.3. The van der Waals surface area contributed by atoms with E-state index in [2.05, 4.69) is 16.3 Å². The lowest BCUT2D eigenvalue weighted by Gasteiger charge is -2.09. The molecule has 0 atom stereocenters. The number of sulfone groups is 1. The summed E-state index contributed by atoms with van der Waals surface area (Å²) in [5.74, 6) is -0.503. The molecule has 0 aromatic heterocycles. The predicted octanol–water partition coefficient (Wildman–Crippen LogP) is 3.57. The van der Waals surface area contributed by atoms with Crippen LogP contribution in [0.4, 0.5) is 5.69 Å². The first-order valence-corrected chi connectivity index (χ1v) is 15.5. The maximum Gasteiger partial charge on any atom is 0.335 e. The quantitative estimate of drug-likeness (QED) is 0.102. The van der Waals surface area contributed by atoms with E-state index in [4.69, 9.17) is 9.72 Å². The number of methoxy groups -OCH3 is 1. The van der Waals surface area contributed by atoms with Gasteiger partial charge in [0.15, 0.2) is 9.84 Å². The van der Waals surface area contributed by atoms with Gasteiger partial charge in [-0.2, -0.15) is 8.42 Å². The lowest BCUT2D eigenvalue weighted by Crippen LogP contribution is -2.10. The molecule has 2 aliphatic rings. The number of hydrogen-bond acceptors (Lipinski definition) is 10. The van der Waals surface area contributed by atoms with Crippen molar-refractivity contribution in [2.24, 2.45) is 4.99 Å². The van der Waals surface area contributed by atoms with E-state index in [1.165, 1.54) is 18.4 Å². The molecule has 0 saturated heterocycles. The Labute approximate surface area is 229 Å². The number of esters is 1. The van der Waals surface area contributed by atoms with Crippen molar-refractivity contribution in [2.75, 3.05) is 26.6 Å². The zero-order valence-corrected chi connectivity index (χ0v) is 23.4. The predicted molar refractivity (Wildman–Crippen MR) is 147 cm³/mol. The minimum Gasteiger partial charge on any atom is -0.466 e. The Morgan fingerprint density at radius 1 is 1.08 bits per heavy atom. The minimum atomic E-state index is -4.55. The third kappa shape index (κ3) is 6.94. The number of aromatic nitrogens is 1. The fourth-order valence-corrected chi connectivity index (χ4v) is 5.95. The molecule has 0 saturated carbocycles. The highest BCUT2D eigenvalue weighted by atomic mass is 32.2. The molecule has 0 amide bonds. The average molecular weight is 589 g/mol. The van der Waals surface area contributed by atoms with Gasteiger partial charge >= 0.3 is 5.97 Å². The number of fused-ring (bicyclic) bond motifs is 2. The van der Waals surface area contributed by atoms with Gasteiger partial charge in [0.25, 0.3) is 10.1 Å². The van der Waals surface area contributed by atoms with Gasteiger partial charge < -0.3 is 9.47 Å². The highest BCUT2D eigenvalue weighted by molar-refractivity contribution is 7.91. The van der Waals surface area contributed by atoms with E-state index in [1.807, 2.05) is 18.2 Å². The first kappa shape index (κ1) is 28.5. The van der Waals surface area contributed by atoms with Crippen LogP contribution in [0.3, 0.4) is 0 Å². The summed E-state index contributed by atoms with van der Waals surface area (Å²) in [5, 5.41) is 0.389. The zero-order valence-electron chi connectivity index (χ0n) is 20.9. The summed E-state index contributed by atoms with van der Waals surface area (Å²) in [5.41, 5.74) is 2.63. The third-order valence-electron chi connectivity index (χ3n) is 5.59. The highest BCUT2D eigenvalue weighted by Gasteiger charge is 2.18. The van der Waals surface area contributed by atoms with Gasteiger partial charge in [0.05, 0.1) is 67.5 Å². The van der Waals surface area contributed by atoms with Crippen molar-refractivity contribution in [2.45, 2.75) is 16.2 Å². The summed E-state index contributed by atoms with van der Waals surface area (Å²) in [7, 11) is -6.99. The molecular formula is C26H24N2O8S3. The van der Waals surface area contributed by atoms with Crippen LogP contribution >= 0.6 is 11.3 Å². The summed E-state index contributed by atoms with van der Waals surface area (Å²) >= 11 is 1.47. The van der Waals surface area contributed by atoms with Gasteiger partial charge in [-0.05, 0) is 60.5 Å². The molecule has 1 heterocycles. The molecule has 1 aliphatic carbocycles. The van der Waals surface area contributed by atoms with E-state index in [0.717, 1.165) is 45.1 Å². The van der Waals surface area contributed by atoms with E-state index < -0.39 is 30.8 Å². The van der Waals surface area contributed by atoms with Crippen LogP contribution in [-0.2, 0) is 40.6 Å². The molecule has 1 N–H and O–H groups in total. The lowest BCUT2D eigenvalue weighted by atomic mass is 10.1. The van der Waals surface area contributed by atoms with Crippen LogP contribution < -0.4 is 5.36 Å². The molecule has 0 fully saturated rings.